The van der Waals surface area contributed by atoms with Crippen molar-refractivity contribution in [1.29, 1.82) is 0 Å². The van der Waals surface area contributed by atoms with Gasteiger partial charge in [-0.05, 0) is 35.9 Å². The van der Waals surface area contributed by atoms with Crippen molar-refractivity contribution in [2.75, 3.05) is 11.9 Å². The van der Waals surface area contributed by atoms with Crippen LogP contribution in [0.2, 0.25) is 5.02 Å². The van der Waals surface area contributed by atoms with Gasteiger partial charge >= 0.3 is 5.97 Å². The lowest BCUT2D eigenvalue weighted by Gasteiger charge is -2.30. The maximum Gasteiger partial charge on any atom is 0.303 e. The molecule has 0 aliphatic carbocycles. The Bertz CT molecular complexity index is 918. The van der Waals surface area contributed by atoms with Gasteiger partial charge in [0.25, 0.3) is 0 Å². The predicted octanol–water partition coefficient (Wildman–Crippen LogP) is 3.84. The topological polar surface area (TPSA) is 86.7 Å². The Balaban J connectivity index is 2.12. The first-order valence-corrected chi connectivity index (χ1v) is 9.38. The lowest BCUT2D eigenvalue weighted by molar-refractivity contribution is -0.142. The molecule has 0 saturated heterocycles. The van der Waals surface area contributed by atoms with Crippen molar-refractivity contribution in [3.8, 4) is 0 Å². The average molecular weight is 452 g/mol. The van der Waals surface area contributed by atoms with E-state index in [1.54, 1.807) is 30.3 Å². The summed E-state index contributed by atoms with van der Waals surface area (Å²) in [4.78, 5) is 37.5. The number of hydrogen-bond donors (Lipinski definition) is 2. The number of amides is 2. The third-order valence-electron chi connectivity index (χ3n) is 4.25. The molecule has 0 fully saturated rings. The summed E-state index contributed by atoms with van der Waals surface area (Å²) in [5, 5.41) is 12.2. The summed E-state index contributed by atoms with van der Waals surface area (Å²) < 4.78 is 0.794. The first-order chi connectivity index (χ1) is 12.8. The fraction of sp³-hybridized carbons (Fsp3) is 0.211. The van der Waals surface area contributed by atoms with Crippen LogP contribution in [0.4, 0.5) is 5.69 Å². The fourth-order valence-corrected chi connectivity index (χ4v) is 3.68. The summed E-state index contributed by atoms with van der Waals surface area (Å²) in [6.45, 7) is -0.179. The van der Waals surface area contributed by atoms with Crippen LogP contribution in [0.15, 0.2) is 46.9 Å². The zero-order valence-corrected chi connectivity index (χ0v) is 16.5. The number of halogens is 2. The summed E-state index contributed by atoms with van der Waals surface area (Å²) in [6, 6.07) is 11.9. The first kappa shape index (κ1) is 19.4. The molecule has 0 aromatic heterocycles. The van der Waals surface area contributed by atoms with Crippen LogP contribution in [-0.4, -0.2) is 34.3 Å². The van der Waals surface area contributed by atoms with Gasteiger partial charge in [-0.3, -0.25) is 14.4 Å². The molecule has 1 heterocycles. The van der Waals surface area contributed by atoms with E-state index in [0.717, 1.165) is 15.6 Å². The van der Waals surface area contributed by atoms with Crippen molar-refractivity contribution in [2.45, 2.75) is 18.9 Å². The molecule has 2 aromatic carbocycles. The molecule has 2 N–H and O–H groups in total. The molecule has 140 valence electrons. The minimum absolute atomic E-state index is 0.179. The maximum atomic E-state index is 12.8. The number of fused-ring (bicyclic) bond motifs is 1. The molecule has 1 aliphatic heterocycles. The highest BCUT2D eigenvalue weighted by Gasteiger charge is 2.33. The Morgan fingerprint density at radius 1 is 1.22 bits per heavy atom. The molecule has 0 unspecified atom stereocenters. The number of carbonyl (C=O) groups excluding carboxylic acids is 2. The van der Waals surface area contributed by atoms with Crippen molar-refractivity contribution in [1.82, 2.24) is 4.90 Å². The van der Waals surface area contributed by atoms with Crippen LogP contribution in [0.5, 0.6) is 0 Å². The molecule has 1 atom stereocenters. The average Bonchev–Trinajstić information content (AvgIpc) is 2.75. The van der Waals surface area contributed by atoms with Gasteiger partial charge in [0, 0.05) is 27.2 Å². The molecule has 3 rings (SSSR count). The number of nitrogens with one attached hydrogen (secondary N) is 1. The molecule has 27 heavy (non-hydrogen) atoms. The fourth-order valence-electron chi connectivity index (χ4n) is 3.10. The number of hydrogen-bond acceptors (Lipinski definition) is 3. The molecular weight excluding hydrogens is 436 g/mol. The normalized spacial score (nSPS) is 16.3. The minimum atomic E-state index is -1.06. The van der Waals surface area contributed by atoms with Crippen LogP contribution in [0, 0.1) is 0 Å². The zero-order valence-electron chi connectivity index (χ0n) is 14.1. The number of benzene rings is 2. The summed E-state index contributed by atoms with van der Waals surface area (Å²) in [7, 11) is 0. The highest BCUT2D eigenvalue weighted by Crippen LogP contribution is 2.38. The van der Waals surface area contributed by atoms with Crippen molar-refractivity contribution in [3.05, 3.63) is 63.1 Å². The molecule has 2 aromatic rings. The Kier molecular flexibility index (Phi) is 5.82. The van der Waals surface area contributed by atoms with Gasteiger partial charge < -0.3 is 15.3 Å². The van der Waals surface area contributed by atoms with Gasteiger partial charge in [-0.25, -0.2) is 0 Å². The van der Waals surface area contributed by atoms with Gasteiger partial charge in [0.05, 0.1) is 12.5 Å². The second-order valence-corrected chi connectivity index (χ2v) is 7.50. The van der Waals surface area contributed by atoms with E-state index in [4.69, 9.17) is 16.7 Å². The largest absolute Gasteiger partial charge is 0.481 e. The smallest absolute Gasteiger partial charge is 0.303 e. The predicted molar refractivity (Wildman–Crippen MR) is 105 cm³/mol. The Hall–Kier alpha value is -2.38. The second-order valence-electron chi connectivity index (χ2n) is 6.15. The van der Waals surface area contributed by atoms with E-state index in [9.17, 15) is 14.4 Å². The van der Waals surface area contributed by atoms with E-state index < -0.39 is 17.9 Å². The monoisotopic (exact) mass is 450 g/mol. The number of carboxylic acid groups (broad SMARTS) is 1. The summed E-state index contributed by atoms with van der Waals surface area (Å²) >= 11 is 9.58. The number of carbonyl (C=O) groups is 3. The van der Waals surface area contributed by atoms with Crippen molar-refractivity contribution < 1.29 is 19.5 Å². The lowest BCUT2D eigenvalue weighted by Crippen LogP contribution is -2.39. The SMILES string of the molecule is O=C(O)CCC(=O)N1CC(=O)Nc2ccc(Br)cc2[C@@H]1c1cccc(Cl)c1. The Labute approximate surface area is 169 Å². The minimum Gasteiger partial charge on any atom is -0.481 e. The van der Waals surface area contributed by atoms with Gasteiger partial charge in [0.15, 0.2) is 0 Å². The third-order valence-corrected chi connectivity index (χ3v) is 4.97. The van der Waals surface area contributed by atoms with Gasteiger partial charge in [0.2, 0.25) is 11.8 Å². The van der Waals surface area contributed by atoms with Crippen molar-refractivity contribution in [2.24, 2.45) is 0 Å². The molecule has 0 saturated carbocycles. The quantitative estimate of drug-likeness (QED) is 0.739. The molecule has 0 spiro atoms. The van der Waals surface area contributed by atoms with Gasteiger partial charge in [0.1, 0.15) is 6.54 Å². The van der Waals surface area contributed by atoms with E-state index in [2.05, 4.69) is 21.2 Å². The molecule has 2 amide bonds. The molecule has 1 aliphatic rings. The van der Waals surface area contributed by atoms with Gasteiger partial charge in [-0.2, -0.15) is 0 Å². The molecular formula is C19H16BrClN2O4. The summed E-state index contributed by atoms with van der Waals surface area (Å²) in [5.74, 6) is -1.82. The van der Waals surface area contributed by atoms with Gasteiger partial charge in [-0.1, -0.05) is 39.7 Å². The van der Waals surface area contributed by atoms with E-state index in [1.807, 2.05) is 12.1 Å². The summed E-state index contributed by atoms with van der Waals surface area (Å²) in [5.41, 5.74) is 2.06. The van der Waals surface area contributed by atoms with Crippen LogP contribution in [0.1, 0.15) is 30.0 Å². The molecule has 6 nitrogen and oxygen atoms in total. The number of carboxylic acids is 1. The molecule has 0 radical (unpaired) electrons. The van der Waals surface area contributed by atoms with E-state index in [0.29, 0.717) is 10.7 Å². The third kappa shape index (κ3) is 4.48. The van der Waals surface area contributed by atoms with Crippen molar-refractivity contribution >= 4 is 51.0 Å². The van der Waals surface area contributed by atoms with Crippen LogP contribution < -0.4 is 5.32 Å². The molecule has 0 bridgehead atoms. The number of aliphatic carboxylic acids is 1. The second kappa shape index (κ2) is 8.10. The highest BCUT2D eigenvalue weighted by molar-refractivity contribution is 9.10. The van der Waals surface area contributed by atoms with Crippen LogP contribution >= 0.6 is 27.5 Å². The zero-order chi connectivity index (χ0) is 19.6. The van der Waals surface area contributed by atoms with E-state index in [1.165, 1.54) is 4.90 Å². The van der Waals surface area contributed by atoms with E-state index in [-0.39, 0.29) is 25.3 Å². The summed E-state index contributed by atoms with van der Waals surface area (Å²) in [6.07, 6.45) is -0.492. The lowest BCUT2D eigenvalue weighted by atomic mass is 9.95. The number of rotatable bonds is 4. The first-order valence-electron chi connectivity index (χ1n) is 8.21. The number of nitrogens with zero attached hydrogens (tertiary/aromatic N) is 1. The van der Waals surface area contributed by atoms with E-state index >= 15 is 0 Å². The molecule has 8 heteroatoms. The standard InChI is InChI=1S/C19H16BrClN2O4/c20-12-4-5-15-14(9-12)19(11-2-1-3-13(21)8-11)23(10-16(24)22-15)17(25)6-7-18(26)27/h1-5,8-9,19H,6-7,10H2,(H,22,24)(H,26,27)/t19-/m0/s1. The Morgan fingerprint density at radius 2 is 2.00 bits per heavy atom. The number of anilines is 1. The van der Waals surface area contributed by atoms with Crippen LogP contribution in [0.25, 0.3) is 0 Å². The van der Waals surface area contributed by atoms with Gasteiger partial charge in [-0.15, -0.1) is 0 Å². The van der Waals surface area contributed by atoms with Crippen LogP contribution in [-0.2, 0) is 14.4 Å². The van der Waals surface area contributed by atoms with Crippen LogP contribution in [0.3, 0.4) is 0 Å². The van der Waals surface area contributed by atoms with Crippen molar-refractivity contribution in [3.63, 3.8) is 0 Å². The highest BCUT2D eigenvalue weighted by atomic mass is 79.9. The maximum absolute atomic E-state index is 12.8. The Morgan fingerprint density at radius 3 is 2.70 bits per heavy atom.